The highest BCUT2D eigenvalue weighted by Gasteiger charge is 2.26. The number of hydrogen-bond acceptors (Lipinski definition) is 4. The molecule has 0 heterocycles. The number of nitriles is 1. The van der Waals surface area contributed by atoms with E-state index >= 15 is 0 Å². The lowest BCUT2D eigenvalue weighted by molar-refractivity contribution is -0.134. The number of carbonyl (C=O) groups excluding carboxylic acids is 2. The van der Waals surface area contributed by atoms with Crippen LogP contribution in [0.3, 0.4) is 0 Å². The van der Waals surface area contributed by atoms with Gasteiger partial charge in [-0.25, -0.2) is 0 Å². The Morgan fingerprint density at radius 3 is 2.25 bits per heavy atom. The van der Waals surface area contributed by atoms with Gasteiger partial charge < -0.3 is 5.32 Å². The molecule has 0 rings (SSSR count). The summed E-state index contributed by atoms with van der Waals surface area (Å²) in [6, 6.07) is -0.627. The standard InChI is InChI=1S/C14H25N3O2S/c1-5-7-11(8-6-2)13(18)16-12(9-20-4)14(19)17(3)10-15/h11-12H,5-9H2,1-4H3,(H,16,18). The molecule has 0 aliphatic heterocycles. The highest BCUT2D eigenvalue weighted by molar-refractivity contribution is 7.98. The van der Waals surface area contributed by atoms with Crippen LogP contribution in [-0.4, -0.2) is 41.8 Å². The van der Waals surface area contributed by atoms with Crippen molar-refractivity contribution >= 4 is 23.6 Å². The zero-order chi connectivity index (χ0) is 15.5. The van der Waals surface area contributed by atoms with Crippen LogP contribution < -0.4 is 5.32 Å². The topological polar surface area (TPSA) is 73.2 Å². The van der Waals surface area contributed by atoms with Gasteiger partial charge in [-0.1, -0.05) is 26.7 Å². The summed E-state index contributed by atoms with van der Waals surface area (Å²) < 4.78 is 0. The van der Waals surface area contributed by atoms with E-state index in [0.717, 1.165) is 30.6 Å². The van der Waals surface area contributed by atoms with Crippen LogP contribution in [0.2, 0.25) is 0 Å². The van der Waals surface area contributed by atoms with Crippen molar-refractivity contribution in [2.75, 3.05) is 19.1 Å². The molecule has 0 aliphatic carbocycles. The van der Waals surface area contributed by atoms with Crippen LogP contribution in [0, 0.1) is 17.4 Å². The number of carbonyl (C=O) groups is 2. The van der Waals surface area contributed by atoms with Gasteiger partial charge in [0.05, 0.1) is 0 Å². The van der Waals surface area contributed by atoms with Crippen molar-refractivity contribution in [2.45, 2.75) is 45.6 Å². The van der Waals surface area contributed by atoms with Gasteiger partial charge in [0.2, 0.25) is 5.91 Å². The number of hydrogen-bond donors (Lipinski definition) is 1. The molecular weight excluding hydrogens is 274 g/mol. The Morgan fingerprint density at radius 1 is 1.30 bits per heavy atom. The molecule has 1 atom stereocenters. The minimum Gasteiger partial charge on any atom is -0.343 e. The van der Waals surface area contributed by atoms with Gasteiger partial charge in [-0.05, 0) is 19.1 Å². The minimum atomic E-state index is -0.627. The highest BCUT2D eigenvalue weighted by atomic mass is 32.2. The maximum atomic E-state index is 12.2. The predicted molar refractivity (Wildman–Crippen MR) is 82.0 cm³/mol. The van der Waals surface area contributed by atoms with Crippen LogP contribution >= 0.6 is 11.8 Å². The molecule has 0 fully saturated rings. The van der Waals surface area contributed by atoms with Gasteiger partial charge in [-0.2, -0.15) is 17.0 Å². The van der Waals surface area contributed by atoms with Gasteiger partial charge in [0.1, 0.15) is 6.04 Å². The molecule has 0 aliphatic rings. The first-order chi connectivity index (χ1) is 9.51. The van der Waals surface area contributed by atoms with Crippen molar-refractivity contribution in [3.8, 4) is 6.19 Å². The first-order valence-electron chi connectivity index (χ1n) is 6.98. The summed E-state index contributed by atoms with van der Waals surface area (Å²) in [5.41, 5.74) is 0. The average molecular weight is 299 g/mol. The van der Waals surface area contributed by atoms with E-state index in [1.165, 1.54) is 18.8 Å². The molecule has 0 aromatic carbocycles. The fraction of sp³-hybridized carbons (Fsp3) is 0.786. The van der Waals surface area contributed by atoms with Crippen LogP contribution in [0.4, 0.5) is 0 Å². The number of likely N-dealkylation sites (N-methyl/N-ethyl adjacent to an activating group) is 1. The van der Waals surface area contributed by atoms with Crippen molar-refractivity contribution in [1.29, 1.82) is 5.26 Å². The number of nitrogens with zero attached hydrogens (tertiary/aromatic N) is 2. The van der Waals surface area contributed by atoms with Crippen LogP contribution in [-0.2, 0) is 9.59 Å². The Bertz CT molecular complexity index is 349. The van der Waals surface area contributed by atoms with E-state index in [-0.39, 0.29) is 17.7 Å². The molecule has 0 aromatic rings. The summed E-state index contributed by atoms with van der Waals surface area (Å²) in [5, 5.41) is 11.6. The molecule has 0 bridgehead atoms. The van der Waals surface area contributed by atoms with Crippen molar-refractivity contribution in [1.82, 2.24) is 10.2 Å². The molecule has 20 heavy (non-hydrogen) atoms. The highest BCUT2D eigenvalue weighted by Crippen LogP contribution is 2.14. The van der Waals surface area contributed by atoms with Crippen LogP contribution in [0.5, 0.6) is 0 Å². The van der Waals surface area contributed by atoms with Gasteiger partial charge >= 0.3 is 0 Å². The summed E-state index contributed by atoms with van der Waals surface area (Å²) in [4.78, 5) is 25.2. The van der Waals surface area contributed by atoms with E-state index in [9.17, 15) is 9.59 Å². The second kappa shape index (κ2) is 10.6. The lowest BCUT2D eigenvalue weighted by Crippen LogP contribution is -2.49. The molecule has 0 saturated heterocycles. The largest absolute Gasteiger partial charge is 0.343 e. The number of nitrogens with one attached hydrogen (secondary N) is 1. The number of rotatable bonds is 9. The maximum absolute atomic E-state index is 12.2. The summed E-state index contributed by atoms with van der Waals surface area (Å²) in [5.74, 6) is -0.00869. The summed E-state index contributed by atoms with van der Waals surface area (Å²) in [7, 11) is 1.41. The van der Waals surface area contributed by atoms with E-state index in [4.69, 9.17) is 5.26 Å². The van der Waals surface area contributed by atoms with Gasteiger partial charge in [0.25, 0.3) is 5.91 Å². The van der Waals surface area contributed by atoms with Crippen molar-refractivity contribution < 1.29 is 9.59 Å². The summed E-state index contributed by atoms with van der Waals surface area (Å²) in [6.07, 6.45) is 7.19. The van der Waals surface area contributed by atoms with Gasteiger partial charge in [0.15, 0.2) is 6.19 Å². The summed E-state index contributed by atoms with van der Waals surface area (Å²) >= 11 is 1.47. The molecule has 0 aromatic heterocycles. The fourth-order valence-corrected chi connectivity index (χ4v) is 2.58. The first-order valence-corrected chi connectivity index (χ1v) is 8.37. The number of thioether (sulfide) groups is 1. The van der Waals surface area contributed by atoms with E-state index in [0.29, 0.717) is 5.75 Å². The van der Waals surface area contributed by atoms with E-state index in [1.807, 2.05) is 20.1 Å². The zero-order valence-corrected chi connectivity index (χ0v) is 13.6. The van der Waals surface area contributed by atoms with Crippen LogP contribution in [0.15, 0.2) is 0 Å². The summed E-state index contributed by atoms with van der Waals surface area (Å²) in [6.45, 7) is 4.09. The lowest BCUT2D eigenvalue weighted by atomic mass is 9.97. The third kappa shape index (κ3) is 6.29. The van der Waals surface area contributed by atoms with Gasteiger partial charge in [-0.15, -0.1) is 0 Å². The van der Waals surface area contributed by atoms with E-state index in [1.54, 1.807) is 6.19 Å². The molecular formula is C14H25N3O2S. The lowest BCUT2D eigenvalue weighted by Gasteiger charge is -2.22. The molecule has 0 radical (unpaired) electrons. The van der Waals surface area contributed by atoms with Crippen LogP contribution in [0.25, 0.3) is 0 Å². The van der Waals surface area contributed by atoms with Crippen molar-refractivity contribution in [3.63, 3.8) is 0 Å². The second-order valence-electron chi connectivity index (χ2n) is 4.79. The Morgan fingerprint density at radius 2 is 1.85 bits per heavy atom. The molecule has 0 saturated carbocycles. The quantitative estimate of drug-likeness (QED) is 0.522. The normalized spacial score (nSPS) is 11.8. The van der Waals surface area contributed by atoms with Crippen molar-refractivity contribution in [2.24, 2.45) is 5.92 Å². The Balaban J connectivity index is 4.75. The smallest absolute Gasteiger partial charge is 0.258 e. The maximum Gasteiger partial charge on any atom is 0.258 e. The molecule has 6 heteroatoms. The third-order valence-corrected chi connectivity index (χ3v) is 3.74. The molecule has 2 amide bonds. The minimum absolute atomic E-state index is 0.0467. The number of amides is 2. The van der Waals surface area contributed by atoms with E-state index in [2.05, 4.69) is 5.32 Å². The zero-order valence-electron chi connectivity index (χ0n) is 12.8. The first kappa shape index (κ1) is 18.8. The molecule has 5 nitrogen and oxygen atoms in total. The molecule has 1 unspecified atom stereocenters. The SMILES string of the molecule is CCCC(CCC)C(=O)NC(CSC)C(=O)N(C)C#N. The van der Waals surface area contributed by atoms with E-state index < -0.39 is 6.04 Å². The Kier molecular flexibility index (Phi) is 9.91. The van der Waals surface area contributed by atoms with Gasteiger partial charge in [-0.3, -0.25) is 14.5 Å². The van der Waals surface area contributed by atoms with Gasteiger partial charge in [0, 0.05) is 18.7 Å². The average Bonchev–Trinajstić information content (AvgIpc) is 2.44. The second-order valence-corrected chi connectivity index (χ2v) is 5.70. The molecule has 0 spiro atoms. The van der Waals surface area contributed by atoms with Crippen molar-refractivity contribution in [3.05, 3.63) is 0 Å². The Hall–Kier alpha value is -1.22. The molecule has 1 N–H and O–H groups in total. The Labute approximate surface area is 126 Å². The monoisotopic (exact) mass is 299 g/mol. The molecule has 114 valence electrons. The van der Waals surface area contributed by atoms with Crippen LogP contribution in [0.1, 0.15) is 39.5 Å². The predicted octanol–water partition coefficient (Wildman–Crippen LogP) is 1.99. The third-order valence-electron chi connectivity index (χ3n) is 3.07. The fourth-order valence-electron chi connectivity index (χ4n) is 2.02.